The molecule has 1 aromatic heterocycles. The number of benzene rings is 1. The molecule has 0 aliphatic heterocycles. The van der Waals surface area contributed by atoms with Gasteiger partial charge in [0, 0.05) is 14.9 Å². The number of hydrogen-bond acceptors (Lipinski definition) is 3. The largest absolute Gasteiger partial charge is 0.488 e. The number of halogens is 1. The number of aliphatic hydroxyl groups is 1. The summed E-state index contributed by atoms with van der Waals surface area (Å²) in [6, 6.07) is 9.70. The number of rotatable bonds is 4. The molecule has 2 aromatic rings. The molecular formula is C13H13BrO2S. The van der Waals surface area contributed by atoms with Crippen molar-refractivity contribution in [1.29, 1.82) is 0 Å². The minimum Gasteiger partial charge on any atom is -0.488 e. The van der Waals surface area contributed by atoms with Crippen LogP contribution in [-0.4, -0.2) is 5.11 Å². The van der Waals surface area contributed by atoms with E-state index in [0.29, 0.717) is 6.61 Å². The third-order valence-electron chi connectivity index (χ3n) is 2.37. The van der Waals surface area contributed by atoms with Crippen molar-refractivity contribution in [2.45, 2.75) is 19.6 Å². The van der Waals surface area contributed by atoms with E-state index in [1.54, 1.807) is 18.3 Å². The van der Waals surface area contributed by atoms with Crippen molar-refractivity contribution in [3.63, 3.8) is 0 Å². The van der Waals surface area contributed by atoms with Gasteiger partial charge in [0.05, 0.1) is 6.10 Å². The molecule has 0 amide bonds. The summed E-state index contributed by atoms with van der Waals surface area (Å²) >= 11 is 5.05. The maximum atomic E-state index is 9.69. The smallest absolute Gasteiger partial charge is 0.125 e. The predicted octanol–water partition coefficient (Wildman–Crippen LogP) is 4.14. The molecule has 1 aromatic carbocycles. The highest BCUT2D eigenvalue weighted by Crippen LogP contribution is 2.29. The van der Waals surface area contributed by atoms with E-state index in [9.17, 15) is 5.11 Å². The van der Waals surface area contributed by atoms with Crippen molar-refractivity contribution < 1.29 is 9.84 Å². The van der Waals surface area contributed by atoms with Gasteiger partial charge < -0.3 is 9.84 Å². The van der Waals surface area contributed by atoms with E-state index >= 15 is 0 Å². The molecule has 0 radical (unpaired) electrons. The summed E-state index contributed by atoms with van der Waals surface area (Å²) in [4.78, 5) is 1.17. The molecular weight excluding hydrogens is 300 g/mol. The zero-order chi connectivity index (χ0) is 12.3. The van der Waals surface area contributed by atoms with E-state index in [4.69, 9.17) is 4.74 Å². The quantitative estimate of drug-likeness (QED) is 0.919. The maximum absolute atomic E-state index is 9.69. The normalized spacial score (nSPS) is 12.4. The molecule has 2 nitrogen and oxygen atoms in total. The predicted molar refractivity (Wildman–Crippen MR) is 73.4 cm³/mol. The van der Waals surface area contributed by atoms with Crippen LogP contribution in [0, 0.1) is 0 Å². The Balaban J connectivity index is 2.14. The van der Waals surface area contributed by atoms with E-state index in [0.717, 1.165) is 15.8 Å². The Morgan fingerprint density at radius 2 is 2.24 bits per heavy atom. The van der Waals surface area contributed by atoms with Crippen molar-refractivity contribution in [1.82, 2.24) is 0 Å². The van der Waals surface area contributed by atoms with Gasteiger partial charge in [-0.25, -0.2) is 0 Å². The van der Waals surface area contributed by atoms with Gasteiger partial charge in [-0.05, 0) is 36.6 Å². The van der Waals surface area contributed by atoms with Gasteiger partial charge >= 0.3 is 0 Å². The Hall–Kier alpha value is -0.840. The third-order valence-corrected chi connectivity index (χ3v) is 3.72. The molecule has 17 heavy (non-hydrogen) atoms. The monoisotopic (exact) mass is 312 g/mol. The lowest BCUT2D eigenvalue weighted by Crippen LogP contribution is -2.00. The summed E-state index contributed by atoms with van der Waals surface area (Å²) in [6.45, 7) is 2.28. The fourth-order valence-corrected chi connectivity index (χ4v) is 2.52. The van der Waals surface area contributed by atoms with Gasteiger partial charge in [0.2, 0.25) is 0 Å². The van der Waals surface area contributed by atoms with Crippen LogP contribution in [0.5, 0.6) is 5.75 Å². The lowest BCUT2D eigenvalue weighted by atomic mass is 10.1. The van der Waals surface area contributed by atoms with E-state index in [1.165, 1.54) is 4.88 Å². The molecule has 1 N–H and O–H groups in total. The molecule has 1 heterocycles. The molecule has 4 heteroatoms. The summed E-state index contributed by atoms with van der Waals surface area (Å²) in [7, 11) is 0. The van der Waals surface area contributed by atoms with E-state index in [2.05, 4.69) is 15.9 Å². The molecule has 0 saturated heterocycles. The van der Waals surface area contributed by atoms with E-state index in [-0.39, 0.29) is 0 Å². The fraction of sp³-hybridized carbons (Fsp3) is 0.231. The minimum absolute atomic E-state index is 0.536. The highest BCUT2D eigenvalue weighted by Gasteiger charge is 2.10. The number of thiophene rings is 1. The van der Waals surface area contributed by atoms with Crippen molar-refractivity contribution in [3.05, 3.63) is 50.6 Å². The molecule has 90 valence electrons. The molecule has 0 bridgehead atoms. The molecule has 0 aliphatic rings. The van der Waals surface area contributed by atoms with Crippen LogP contribution < -0.4 is 4.74 Å². The lowest BCUT2D eigenvalue weighted by Gasteiger charge is -2.13. The third kappa shape index (κ3) is 3.31. The lowest BCUT2D eigenvalue weighted by molar-refractivity contribution is 0.190. The Kier molecular flexibility index (Phi) is 4.20. The molecule has 0 saturated carbocycles. The van der Waals surface area contributed by atoms with Gasteiger partial charge in [-0.2, -0.15) is 0 Å². The van der Waals surface area contributed by atoms with Crippen LogP contribution in [0.1, 0.15) is 23.5 Å². The molecule has 0 fully saturated rings. The summed E-state index contributed by atoms with van der Waals surface area (Å²) in [6.07, 6.45) is -0.536. The summed E-state index contributed by atoms with van der Waals surface area (Å²) in [5.74, 6) is 0.733. The van der Waals surface area contributed by atoms with Gasteiger partial charge in [-0.3, -0.25) is 0 Å². The molecule has 2 rings (SSSR count). The van der Waals surface area contributed by atoms with Crippen LogP contribution in [0.25, 0.3) is 0 Å². The SMILES string of the molecule is C[C@H](O)c1cc(Br)ccc1OCc1cccs1. The zero-order valence-corrected chi connectivity index (χ0v) is 11.8. The van der Waals surface area contributed by atoms with E-state index in [1.807, 2.05) is 35.7 Å². The summed E-state index contributed by atoms with van der Waals surface area (Å²) in [5, 5.41) is 11.7. The van der Waals surface area contributed by atoms with Crippen LogP contribution in [0.15, 0.2) is 40.2 Å². The topological polar surface area (TPSA) is 29.5 Å². The van der Waals surface area contributed by atoms with Gasteiger partial charge in [0.25, 0.3) is 0 Å². The number of aliphatic hydroxyl groups excluding tert-OH is 1. The van der Waals surface area contributed by atoms with Gasteiger partial charge in [-0.15, -0.1) is 11.3 Å². The Labute approximate surface area is 113 Å². The maximum Gasteiger partial charge on any atom is 0.125 e. The first-order valence-corrected chi connectivity index (χ1v) is 6.97. The van der Waals surface area contributed by atoms with Crippen molar-refractivity contribution in [2.75, 3.05) is 0 Å². The fourth-order valence-electron chi connectivity index (χ4n) is 1.52. The summed E-state index contributed by atoms with van der Waals surface area (Å²) in [5.41, 5.74) is 0.802. The van der Waals surface area contributed by atoms with Crippen LogP contribution in [0.3, 0.4) is 0 Å². The second-order valence-corrected chi connectivity index (χ2v) is 5.67. The average molecular weight is 313 g/mol. The van der Waals surface area contributed by atoms with Crippen molar-refractivity contribution in [2.24, 2.45) is 0 Å². The second-order valence-electron chi connectivity index (χ2n) is 3.73. The van der Waals surface area contributed by atoms with Gasteiger partial charge in [-0.1, -0.05) is 22.0 Å². The van der Waals surface area contributed by atoms with Crippen LogP contribution in [0.4, 0.5) is 0 Å². The number of ether oxygens (including phenoxy) is 1. The first-order valence-electron chi connectivity index (χ1n) is 5.29. The Morgan fingerprint density at radius 3 is 2.88 bits per heavy atom. The average Bonchev–Trinajstić information content (AvgIpc) is 2.80. The van der Waals surface area contributed by atoms with Crippen molar-refractivity contribution in [3.8, 4) is 5.75 Å². The van der Waals surface area contributed by atoms with Crippen molar-refractivity contribution >= 4 is 27.3 Å². The van der Waals surface area contributed by atoms with Crippen LogP contribution in [-0.2, 0) is 6.61 Å². The highest BCUT2D eigenvalue weighted by atomic mass is 79.9. The molecule has 0 aliphatic carbocycles. The van der Waals surface area contributed by atoms with E-state index < -0.39 is 6.10 Å². The van der Waals surface area contributed by atoms with Crippen LogP contribution >= 0.6 is 27.3 Å². The first kappa shape index (κ1) is 12.6. The molecule has 0 spiro atoms. The number of hydrogen-bond donors (Lipinski definition) is 1. The Morgan fingerprint density at radius 1 is 1.41 bits per heavy atom. The van der Waals surface area contributed by atoms with Crippen LogP contribution in [0.2, 0.25) is 0 Å². The molecule has 1 atom stereocenters. The Bertz CT molecular complexity index is 480. The zero-order valence-electron chi connectivity index (χ0n) is 9.39. The standard InChI is InChI=1S/C13H13BrO2S/c1-9(15)12-7-10(14)4-5-13(12)16-8-11-3-2-6-17-11/h2-7,9,15H,8H2,1H3/t9-/m0/s1. The van der Waals surface area contributed by atoms with Gasteiger partial charge in [0.15, 0.2) is 0 Å². The second kappa shape index (κ2) is 5.67. The van der Waals surface area contributed by atoms with Gasteiger partial charge in [0.1, 0.15) is 12.4 Å². The molecule has 0 unspecified atom stereocenters. The minimum atomic E-state index is -0.536. The summed E-state index contributed by atoms with van der Waals surface area (Å²) < 4.78 is 6.67. The first-order chi connectivity index (χ1) is 8.16. The highest BCUT2D eigenvalue weighted by molar-refractivity contribution is 9.10.